The van der Waals surface area contributed by atoms with Crippen LogP contribution >= 0.6 is 15.9 Å². The Labute approximate surface area is 191 Å². The van der Waals surface area contributed by atoms with E-state index in [1.807, 2.05) is 18.2 Å². The first kappa shape index (κ1) is 21.5. The van der Waals surface area contributed by atoms with Crippen molar-refractivity contribution in [1.82, 2.24) is 9.97 Å². The van der Waals surface area contributed by atoms with E-state index in [1.165, 1.54) is 11.8 Å². The Hall–Kier alpha value is -2.73. The normalized spacial score (nSPS) is 14.5. The Morgan fingerprint density at radius 1 is 1.03 bits per heavy atom. The average Bonchev–Trinajstić information content (AvgIpc) is 2.79. The zero-order valence-corrected chi connectivity index (χ0v) is 19.0. The highest BCUT2D eigenvalue weighted by Crippen LogP contribution is 2.25. The number of benzene rings is 2. The molecule has 0 amide bonds. The van der Waals surface area contributed by atoms with Crippen molar-refractivity contribution in [2.45, 2.75) is 32.1 Å². The molecule has 5 nitrogen and oxygen atoms in total. The summed E-state index contributed by atoms with van der Waals surface area (Å²) in [7, 11) is 0. The second-order valence-electron chi connectivity index (χ2n) is 8.09. The largest absolute Gasteiger partial charge is 0.478 e. The highest BCUT2D eigenvalue weighted by Gasteiger charge is 2.23. The van der Waals surface area contributed by atoms with E-state index < -0.39 is 5.97 Å². The summed E-state index contributed by atoms with van der Waals surface area (Å²) < 4.78 is 1.02. The van der Waals surface area contributed by atoms with Crippen LogP contribution < -0.4 is 4.90 Å². The van der Waals surface area contributed by atoms with E-state index in [1.54, 1.807) is 0 Å². The molecule has 0 radical (unpaired) electrons. The van der Waals surface area contributed by atoms with Gasteiger partial charge in [0.25, 0.3) is 0 Å². The van der Waals surface area contributed by atoms with Gasteiger partial charge < -0.3 is 10.0 Å². The molecule has 31 heavy (non-hydrogen) atoms. The maximum absolute atomic E-state index is 11.7. The van der Waals surface area contributed by atoms with Crippen LogP contribution in [-0.4, -0.2) is 34.1 Å². The van der Waals surface area contributed by atoms with E-state index in [0.29, 0.717) is 24.0 Å². The summed E-state index contributed by atoms with van der Waals surface area (Å²) in [5, 5.41) is 9.58. The van der Waals surface area contributed by atoms with E-state index in [2.05, 4.69) is 67.2 Å². The van der Waals surface area contributed by atoms with Crippen molar-refractivity contribution < 1.29 is 9.90 Å². The molecule has 0 saturated carbocycles. The summed E-state index contributed by atoms with van der Waals surface area (Å²) in [6, 6.07) is 18.7. The molecular weight excluding hydrogens is 454 g/mol. The van der Waals surface area contributed by atoms with Gasteiger partial charge in [0.15, 0.2) is 0 Å². The number of carboxylic acids is 1. The topological polar surface area (TPSA) is 66.3 Å². The SMILES string of the molecule is O=C(O)c1cnc(N2CCC(Cc3ccccc3)CC2)nc1CCc1cccc(Br)c1. The molecule has 0 aliphatic carbocycles. The number of piperidine rings is 1. The van der Waals surface area contributed by atoms with E-state index >= 15 is 0 Å². The van der Waals surface area contributed by atoms with Gasteiger partial charge in [0, 0.05) is 23.8 Å². The summed E-state index contributed by atoms with van der Waals surface area (Å²) in [6.07, 6.45) is 6.05. The number of rotatable bonds is 7. The number of aromatic carboxylic acids is 1. The molecule has 3 aromatic rings. The van der Waals surface area contributed by atoms with Crippen LogP contribution in [0.15, 0.2) is 65.3 Å². The third-order valence-corrected chi connectivity index (χ3v) is 6.38. The quantitative estimate of drug-likeness (QED) is 0.505. The van der Waals surface area contributed by atoms with Gasteiger partial charge in [-0.3, -0.25) is 0 Å². The van der Waals surface area contributed by atoms with Gasteiger partial charge in [-0.25, -0.2) is 14.8 Å². The molecule has 160 valence electrons. The zero-order chi connectivity index (χ0) is 21.6. The molecule has 2 aromatic carbocycles. The highest BCUT2D eigenvalue weighted by atomic mass is 79.9. The number of aromatic nitrogens is 2. The lowest BCUT2D eigenvalue weighted by Gasteiger charge is -2.32. The van der Waals surface area contributed by atoms with Gasteiger partial charge in [-0.1, -0.05) is 58.4 Å². The van der Waals surface area contributed by atoms with Crippen molar-refractivity contribution in [2.24, 2.45) is 5.92 Å². The third-order valence-electron chi connectivity index (χ3n) is 5.89. The molecule has 0 unspecified atom stereocenters. The van der Waals surface area contributed by atoms with Gasteiger partial charge in [-0.05, 0) is 61.3 Å². The predicted molar refractivity (Wildman–Crippen MR) is 126 cm³/mol. The van der Waals surface area contributed by atoms with Crippen LogP contribution in [0, 0.1) is 5.92 Å². The number of hydrogen-bond donors (Lipinski definition) is 1. The Morgan fingerprint density at radius 3 is 2.48 bits per heavy atom. The number of carboxylic acid groups (broad SMARTS) is 1. The van der Waals surface area contributed by atoms with E-state index in [4.69, 9.17) is 0 Å². The standard InChI is InChI=1S/C25H26BrN3O2/c26-21-8-4-7-19(16-21)9-10-23-22(24(30)31)17-27-25(28-23)29-13-11-20(12-14-29)15-18-5-2-1-3-6-18/h1-8,16-17,20H,9-15H2,(H,30,31). The molecule has 1 aromatic heterocycles. The summed E-state index contributed by atoms with van der Waals surface area (Å²) in [5.74, 6) is 0.331. The van der Waals surface area contributed by atoms with Crippen molar-refractivity contribution in [3.8, 4) is 0 Å². The Balaban J connectivity index is 1.43. The maximum Gasteiger partial charge on any atom is 0.339 e. The number of carbonyl (C=O) groups is 1. The van der Waals surface area contributed by atoms with Gasteiger partial charge in [0.2, 0.25) is 5.95 Å². The minimum absolute atomic E-state index is 0.192. The monoisotopic (exact) mass is 479 g/mol. The summed E-state index contributed by atoms with van der Waals surface area (Å²) in [5.41, 5.74) is 3.33. The molecular formula is C25H26BrN3O2. The minimum Gasteiger partial charge on any atom is -0.478 e. The lowest BCUT2D eigenvalue weighted by Crippen LogP contribution is -2.35. The van der Waals surface area contributed by atoms with Gasteiger partial charge in [-0.15, -0.1) is 0 Å². The molecule has 1 aliphatic heterocycles. The van der Waals surface area contributed by atoms with Crippen molar-refractivity contribution in [3.05, 3.63) is 87.7 Å². The number of aryl methyl sites for hydroxylation is 2. The van der Waals surface area contributed by atoms with Crippen molar-refractivity contribution in [3.63, 3.8) is 0 Å². The molecule has 0 atom stereocenters. The van der Waals surface area contributed by atoms with Gasteiger partial charge in [0.1, 0.15) is 0 Å². The maximum atomic E-state index is 11.7. The van der Waals surface area contributed by atoms with Crippen molar-refractivity contribution >= 4 is 27.8 Å². The van der Waals surface area contributed by atoms with Crippen LogP contribution in [0.4, 0.5) is 5.95 Å². The number of halogens is 1. The first-order valence-corrected chi connectivity index (χ1v) is 11.5. The number of nitrogens with zero attached hydrogens (tertiary/aromatic N) is 3. The van der Waals surface area contributed by atoms with E-state index in [0.717, 1.165) is 48.8 Å². The second kappa shape index (κ2) is 10.1. The lowest BCUT2D eigenvalue weighted by molar-refractivity contribution is 0.0694. The fraction of sp³-hybridized carbons (Fsp3) is 0.320. The number of anilines is 1. The van der Waals surface area contributed by atoms with Crippen molar-refractivity contribution in [2.75, 3.05) is 18.0 Å². The Kier molecular flexibility index (Phi) is 6.97. The Bertz CT molecular complexity index is 1030. The minimum atomic E-state index is -0.975. The fourth-order valence-electron chi connectivity index (χ4n) is 4.17. The van der Waals surface area contributed by atoms with Crippen LogP contribution in [0.1, 0.15) is 40.0 Å². The molecule has 0 bridgehead atoms. The third kappa shape index (κ3) is 5.70. The zero-order valence-electron chi connectivity index (χ0n) is 17.4. The summed E-state index contributed by atoms with van der Waals surface area (Å²) in [4.78, 5) is 23.0. The first-order valence-electron chi connectivity index (χ1n) is 10.7. The summed E-state index contributed by atoms with van der Waals surface area (Å²) in [6.45, 7) is 1.80. The summed E-state index contributed by atoms with van der Waals surface area (Å²) >= 11 is 3.49. The molecule has 1 aliphatic rings. The Morgan fingerprint density at radius 2 is 1.77 bits per heavy atom. The first-order chi connectivity index (χ1) is 15.1. The number of hydrogen-bond acceptors (Lipinski definition) is 4. The molecule has 1 N–H and O–H groups in total. The molecule has 4 rings (SSSR count). The fourth-order valence-corrected chi connectivity index (χ4v) is 4.61. The predicted octanol–water partition coefficient (Wildman–Crippen LogP) is 5.18. The lowest BCUT2D eigenvalue weighted by atomic mass is 9.90. The van der Waals surface area contributed by atoms with E-state index in [-0.39, 0.29) is 5.56 Å². The van der Waals surface area contributed by atoms with Gasteiger partial charge in [-0.2, -0.15) is 0 Å². The van der Waals surface area contributed by atoms with Gasteiger partial charge in [0.05, 0.1) is 11.3 Å². The van der Waals surface area contributed by atoms with Gasteiger partial charge >= 0.3 is 5.97 Å². The molecule has 1 saturated heterocycles. The van der Waals surface area contributed by atoms with Crippen molar-refractivity contribution in [1.29, 1.82) is 0 Å². The molecule has 1 fully saturated rings. The smallest absolute Gasteiger partial charge is 0.339 e. The van der Waals surface area contributed by atoms with Crippen LogP contribution in [0.25, 0.3) is 0 Å². The van der Waals surface area contributed by atoms with Crippen LogP contribution in [-0.2, 0) is 19.3 Å². The van der Waals surface area contributed by atoms with Crippen LogP contribution in [0.3, 0.4) is 0 Å². The molecule has 6 heteroatoms. The molecule has 0 spiro atoms. The van der Waals surface area contributed by atoms with Crippen LogP contribution in [0.2, 0.25) is 0 Å². The highest BCUT2D eigenvalue weighted by molar-refractivity contribution is 9.10. The molecule has 2 heterocycles. The van der Waals surface area contributed by atoms with E-state index in [9.17, 15) is 9.90 Å². The second-order valence-corrected chi connectivity index (χ2v) is 9.00. The van der Waals surface area contributed by atoms with Crippen LogP contribution in [0.5, 0.6) is 0 Å². The average molecular weight is 480 g/mol.